The number of ether oxygens (including phenoxy) is 2. The van der Waals surface area contributed by atoms with Crippen LogP contribution >= 0.6 is 0 Å². The summed E-state index contributed by atoms with van der Waals surface area (Å²) >= 11 is 0. The highest BCUT2D eigenvalue weighted by Gasteiger charge is 2.26. The van der Waals surface area contributed by atoms with Gasteiger partial charge in [-0.3, -0.25) is 0 Å². The van der Waals surface area contributed by atoms with E-state index in [1.54, 1.807) is 6.92 Å². The molecule has 1 heterocycles. The largest absolute Gasteiger partial charge is 0.492 e. The maximum Gasteiger partial charge on any atom is 0.333 e. The Labute approximate surface area is 154 Å². The molecule has 1 atom stereocenters. The molecule has 2 aromatic rings. The molecule has 1 saturated carbocycles. The Morgan fingerprint density at radius 1 is 1.23 bits per heavy atom. The van der Waals surface area contributed by atoms with Crippen molar-refractivity contribution in [3.8, 4) is 5.75 Å². The summed E-state index contributed by atoms with van der Waals surface area (Å²) < 4.78 is 13.5. The molecule has 140 valence electrons. The Morgan fingerprint density at radius 2 is 1.96 bits per heavy atom. The Morgan fingerprint density at radius 3 is 2.58 bits per heavy atom. The highest BCUT2D eigenvalue weighted by atomic mass is 16.5. The SMILES string of the molecule is CCOC(Cc1ccc(OCCn2c(C)ccc2C2CC2)cc1)C(=O)O. The van der Waals surface area contributed by atoms with Gasteiger partial charge in [-0.1, -0.05) is 12.1 Å². The van der Waals surface area contributed by atoms with Crippen LogP contribution in [0.15, 0.2) is 36.4 Å². The number of carboxylic acids is 1. The molecule has 1 fully saturated rings. The summed E-state index contributed by atoms with van der Waals surface area (Å²) in [5.74, 6) is 0.603. The van der Waals surface area contributed by atoms with Crippen molar-refractivity contribution >= 4 is 5.97 Å². The third kappa shape index (κ3) is 4.67. The number of carbonyl (C=O) groups is 1. The number of aryl methyl sites for hydroxylation is 1. The summed E-state index contributed by atoms with van der Waals surface area (Å²) in [5.41, 5.74) is 3.63. The first-order valence-corrected chi connectivity index (χ1v) is 9.30. The standard InChI is InChI=1S/C21H27NO4/c1-3-25-20(21(23)24)14-16-5-9-18(10-6-16)26-13-12-22-15(2)4-11-19(22)17-7-8-17/h4-6,9-11,17,20H,3,7-8,12-14H2,1-2H3,(H,23,24). The van der Waals surface area contributed by atoms with Crippen LogP contribution in [0.3, 0.4) is 0 Å². The molecule has 1 aliphatic carbocycles. The van der Waals surface area contributed by atoms with Crippen molar-refractivity contribution in [2.75, 3.05) is 13.2 Å². The van der Waals surface area contributed by atoms with Gasteiger partial charge in [0, 0.05) is 24.4 Å². The number of hydrogen-bond donors (Lipinski definition) is 1. The number of nitrogens with zero attached hydrogens (tertiary/aromatic N) is 1. The third-order valence-corrected chi connectivity index (χ3v) is 4.80. The summed E-state index contributed by atoms with van der Waals surface area (Å²) in [5, 5.41) is 9.16. The summed E-state index contributed by atoms with van der Waals surface area (Å²) in [6.07, 6.45) is 2.15. The van der Waals surface area contributed by atoms with Crippen molar-refractivity contribution in [1.29, 1.82) is 0 Å². The molecule has 3 rings (SSSR count). The van der Waals surface area contributed by atoms with Gasteiger partial charge in [-0.15, -0.1) is 0 Å². The van der Waals surface area contributed by atoms with Crippen molar-refractivity contribution in [2.24, 2.45) is 0 Å². The molecule has 26 heavy (non-hydrogen) atoms. The highest BCUT2D eigenvalue weighted by molar-refractivity contribution is 5.72. The maximum absolute atomic E-state index is 11.2. The van der Waals surface area contributed by atoms with E-state index in [0.717, 1.165) is 23.8 Å². The summed E-state index contributed by atoms with van der Waals surface area (Å²) in [7, 11) is 0. The summed E-state index contributed by atoms with van der Waals surface area (Å²) in [4.78, 5) is 11.2. The molecule has 0 bridgehead atoms. The smallest absolute Gasteiger partial charge is 0.333 e. The number of benzene rings is 1. The fraction of sp³-hybridized carbons (Fsp3) is 0.476. The van der Waals surface area contributed by atoms with Gasteiger partial charge in [0.25, 0.3) is 0 Å². The minimum atomic E-state index is -0.930. The van der Waals surface area contributed by atoms with Crippen LogP contribution in [-0.4, -0.2) is 35.0 Å². The molecule has 0 spiro atoms. The first-order valence-electron chi connectivity index (χ1n) is 9.30. The Kier molecular flexibility index (Phi) is 5.99. The molecular formula is C21H27NO4. The molecule has 1 aliphatic rings. The molecule has 1 unspecified atom stereocenters. The second kappa shape index (κ2) is 8.41. The Balaban J connectivity index is 1.52. The number of aliphatic carboxylic acids is 1. The maximum atomic E-state index is 11.2. The molecule has 0 aliphatic heterocycles. The minimum Gasteiger partial charge on any atom is -0.492 e. The van der Waals surface area contributed by atoms with Crippen LogP contribution in [0.5, 0.6) is 5.75 Å². The number of hydrogen-bond acceptors (Lipinski definition) is 3. The van der Waals surface area contributed by atoms with Crippen molar-refractivity contribution in [1.82, 2.24) is 4.57 Å². The first kappa shape index (κ1) is 18.5. The van der Waals surface area contributed by atoms with Crippen LogP contribution < -0.4 is 4.74 Å². The van der Waals surface area contributed by atoms with E-state index in [-0.39, 0.29) is 0 Å². The van der Waals surface area contributed by atoms with E-state index < -0.39 is 12.1 Å². The zero-order valence-corrected chi connectivity index (χ0v) is 15.5. The van der Waals surface area contributed by atoms with Gasteiger partial charge in [-0.05, 0) is 62.4 Å². The van der Waals surface area contributed by atoms with Crippen molar-refractivity contribution < 1.29 is 19.4 Å². The van der Waals surface area contributed by atoms with Crippen molar-refractivity contribution in [3.05, 3.63) is 53.3 Å². The fourth-order valence-electron chi connectivity index (χ4n) is 3.24. The molecule has 5 heteroatoms. The van der Waals surface area contributed by atoms with E-state index >= 15 is 0 Å². The van der Waals surface area contributed by atoms with E-state index in [2.05, 4.69) is 23.6 Å². The van der Waals surface area contributed by atoms with Crippen LogP contribution in [0.2, 0.25) is 0 Å². The zero-order valence-electron chi connectivity index (χ0n) is 15.5. The summed E-state index contributed by atoms with van der Waals surface area (Å²) in [6.45, 7) is 5.79. The highest BCUT2D eigenvalue weighted by Crippen LogP contribution is 2.40. The Hall–Kier alpha value is -2.27. The average Bonchev–Trinajstić information content (AvgIpc) is 3.40. The topological polar surface area (TPSA) is 60.7 Å². The van der Waals surface area contributed by atoms with E-state index in [9.17, 15) is 4.79 Å². The van der Waals surface area contributed by atoms with Crippen LogP contribution in [0.25, 0.3) is 0 Å². The Bertz CT molecular complexity index is 731. The second-order valence-electron chi connectivity index (χ2n) is 6.80. The van der Waals surface area contributed by atoms with Gasteiger partial charge in [0.1, 0.15) is 12.4 Å². The quantitative estimate of drug-likeness (QED) is 0.703. The molecule has 0 amide bonds. The lowest BCUT2D eigenvalue weighted by atomic mass is 10.1. The lowest BCUT2D eigenvalue weighted by Gasteiger charge is -2.14. The van der Waals surface area contributed by atoms with Gasteiger partial charge < -0.3 is 19.1 Å². The van der Waals surface area contributed by atoms with Gasteiger partial charge in [-0.25, -0.2) is 4.79 Å². The van der Waals surface area contributed by atoms with Gasteiger partial charge >= 0.3 is 5.97 Å². The van der Waals surface area contributed by atoms with Crippen molar-refractivity contribution in [2.45, 2.75) is 51.7 Å². The molecule has 0 radical (unpaired) electrons. The fourth-order valence-corrected chi connectivity index (χ4v) is 3.24. The van der Waals surface area contributed by atoms with E-state index in [1.165, 1.54) is 24.2 Å². The third-order valence-electron chi connectivity index (χ3n) is 4.80. The molecule has 1 N–H and O–H groups in total. The normalized spacial score (nSPS) is 15.0. The van der Waals surface area contributed by atoms with Crippen molar-refractivity contribution in [3.63, 3.8) is 0 Å². The van der Waals surface area contributed by atoms with E-state index in [1.807, 2.05) is 24.3 Å². The van der Waals surface area contributed by atoms with Crippen LogP contribution in [-0.2, 0) is 22.5 Å². The van der Waals surface area contributed by atoms with Gasteiger partial charge in [0.2, 0.25) is 0 Å². The lowest BCUT2D eigenvalue weighted by Crippen LogP contribution is -2.26. The summed E-state index contributed by atoms with van der Waals surface area (Å²) in [6, 6.07) is 12.0. The van der Waals surface area contributed by atoms with Crippen LogP contribution in [0.4, 0.5) is 0 Å². The number of aromatic nitrogens is 1. The van der Waals surface area contributed by atoms with Gasteiger partial charge in [-0.2, -0.15) is 0 Å². The number of carboxylic acid groups (broad SMARTS) is 1. The first-order chi connectivity index (χ1) is 12.6. The molecule has 0 saturated heterocycles. The molecule has 1 aromatic heterocycles. The van der Waals surface area contributed by atoms with Crippen LogP contribution in [0.1, 0.15) is 42.6 Å². The molecule has 5 nitrogen and oxygen atoms in total. The monoisotopic (exact) mass is 357 g/mol. The zero-order chi connectivity index (χ0) is 18.5. The lowest BCUT2D eigenvalue weighted by molar-refractivity contribution is -0.149. The second-order valence-corrected chi connectivity index (χ2v) is 6.80. The minimum absolute atomic E-state index is 0.358. The number of rotatable bonds is 10. The van der Waals surface area contributed by atoms with E-state index in [4.69, 9.17) is 14.6 Å². The van der Waals surface area contributed by atoms with Gasteiger partial charge in [0.05, 0.1) is 6.54 Å². The van der Waals surface area contributed by atoms with E-state index in [0.29, 0.717) is 19.6 Å². The predicted octanol–water partition coefficient (Wildman–Crippen LogP) is 3.79. The predicted molar refractivity (Wildman–Crippen MR) is 99.8 cm³/mol. The molecule has 1 aromatic carbocycles. The van der Waals surface area contributed by atoms with Crippen LogP contribution in [0, 0.1) is 6.92 Å². The van der Waals surface area contributed by atoms with Gasteiger partial charge in [0.15, 0.2) is 6.10 Å². The molecular weight excluding hydrogens is 330 g/mol. The average molecular weight is 357 g/mol.